The first-order valence-electron chi connectivity index (χ1n) is 3.44. The molecule has 60 valence electrons. The zero-order valence-corrected chi connectivity index (χ0v) is 6.43. The van der Waals surface area contributed by atoms with E-state index in [9.17, 15) is 4.79 Å². The van der Waals surface area contributed by atoms with Gasteiger partial charge in [-0.05, 0) is 0 Å². The zero-order valence-electron chi connectivity index (χ0n) is 6.43. The first-order chi connectivity index (χ1) is 5.77. The Labute approximate surface area is 68.1 Å². The third-order valence-electron chi connectivity index (χ3n) is 1.54. The minimum atomic E-state index is -0.0643. The second-order valence-electron chi connectivity index (χ2n) is 2.43. The molecule has 0 saturated carbocycles. The van der Waals surface area contributed by atoms with Gasteiger partial charge in [-0.1, -0.05) is 0 Å². The summed E-state index contributed by atoms with van der Waals surface area (Å²) in [7, 11) is 0. The van der Waals surface area contributed by atoms with E-state index in [0.717, 1.165) is 0 Å². The molecule has 0 bridgehead atoms. The number of carbonyl (C=O) groups excluding carboxylic acids is 1. The standard InChI is InChI=1S/C7H6N4O/c1-5(12)6-3-11-4-9-10-7(11)2-8-6/h2-4H,1H3. The zero-order chi connectivity index (χ0) is 8.55. The fourth-order valence-corrected chi connectivity index (χ4v) is 0.918. The monoisotopic (exact) mass is 162 g/mol. The van der Waals surface area contributed by atoms with Gasteiger partial charge in [0.05, 0.1) is 6.20 Å². The number of ketones is 1. The van der Waals surface area contributed by atoms with E-state index in [1.165, 1.54) is 19.4 Å². The van der Waals surface area contributed by atoms with Gasteiger partial charge in [0.15, 0.2) is 11.4 Å². The Morgan fingerprint density at radius 1 is 1.58 bits per heavy atom. The number of aromatic nitrogens is 4. The van der Waals surface area contributed by atoms with Crippen molar-refractivity contribution in [3.8, 4) is 0 Å². The quantitative estimate of drug-likeness (QED) is 0.567. The maximum atomic E-state index is 10.9. The van der Waals surface area contributed by atoms with Gasteiger partial charge in [-0.15, -0.1) is 10.2 Å². The lowest BCUT2D eigenvalue weighted by molar-refractivity contribution is 0.101. The van der Waals surface area contributed by atoms with Gasteiger partial charge in [0.1, 0.15) is 12.0 Å². The highest BCUT2D eigenvalue weighted by Gasteiger charge is 2.02. The molecule has 2 aromatic rings. The number of hydrogen-bond donors (Lipinski definition) is 0. The summed E-state index contributed by atoms with van der Waals surface area (Å²) in [6, 6.07) is 0. The predicted octanol–water partition coefficient (Wildman–Crippen LogP) is 0.327. The van der Waals surface area contributed by atoms with Crippen molar-refractivity contribution < 1.29 is 4.79 Å². The van der Waals surface area contributed by atoms with E-state index in [-0.39, 0.29) is 5.78 Å². The number of rotatable bonds is 1. The molecular weight excluding hydrogens is 156 g/mol. The summed E-state index contributed by atoms with van der Waals surface area (Å²) in [5, 5.41) is 7.42. The first-order valence-corrected chi connectivity index (χ1v) is 3.44. The number of carbonyl (C=O) groups is 1. The normalized spacial score (nSPS) is 10.4. The van der Waals surface area contributed by atoms with Crippen molar-refractivity contribution in [2.75, 3.05) is 0 Å². The van der Waals surface area contributed by atoms with Crippen LogP contribution >= 0.6 is 0 Å². The van der Waals surface area contributed by atoms with E-state index in [4.69, 9.17) is 0 Å². The first kappa shape index (κ1) is 6.90. The summed E-state index contributed by atoms with van der Waals surface area (Å²) in [6.07, 6.45) is 4.66. The predicted molar refractivity (Wildman–Crippen MR) is 40.8 cm³/mol. The number of fused-ring (bicyclic) bond motifs is 1. The van der Waals surface area contributed by atoms with Crippen LogP contribution < -0.4 is 0 Å². The van der Waals surface area contributed by atoms with E-state index in [2.05, 4.69) is 15.2 Å². The van der Waals surface area contributed by atoms with Crippen molar-refractivity contribution in [1.82, 2.24) is 19.6 Å². The van der Waals surface area contributed by atoms with E-state index < -0.39 is 0 Å². The Balaban J connectivity index is 2.68. The molecule has 0 saturated heterocycles. The Morgan fingerprint density at radius 2 is 2.42 bits per heavy atom. The summed E-state index contributed by atoms with van der Waals surface area (Å²) in [5.74, 6) is -0.0643. The van der Waals surface area contributed by atoms with Gasteiger partial charge in [0.2, 0.25) is 0 Å². The Kier molecular flexibility index (Phi) is 1.36. The largest absolute Gasteiger partial charge is 0.293 e. The van der Waals surface area contributed by atoms with Gasteiger partial charge in [-0.25, -0.2) is 4.98 Å². The third kappa shape index (κ3) is 0.952. The molecule has 0 unspecified atom stereocenters. The molecule has 0 fully saturated rings. The van der Waals surface area contributed by atoms with Gasteiger partial charge in [-0.2, -0.15) is 0 Å². The summed E-state index contributed by atoms with van der Waals surface area (Å²) in [5.41, 5.74) is 1.06. The van der Waals surface area contributed by atoms with Crippen LogP contribution in [0.5, 0.6) is 0 Å². The maximum Gasteiger partial charge on any atom is 0.179 e. The smallest absolute Gasteiger partial charge is 0.179 e. The molecule has 0 aliphatic heterocycles. The highest BCUT2D eigenvalue weighted by molar-refractivity contribution is 5.91. The second kappa shape index (κ2) is 2.37. The van der Waals surface area contributed by atoms with Crippen molar-refractivity contribution in [3.05, 3.63) is 24.4 Å². The van der Waals surface area contributed by atoms with Gasteiger partial charge in [0.25, 0.3) is 0 Å². The van der Waals surface area contributed by atoms with Crippen LogP contribution in [-0.4, -0.2) is 25.4 Å². The topological polar surface area (TPSA) is 60.2 Å². The van der Waals surface area contributed by atoms with E-state index in [1.807, 2.05) is 0 Å². The minimum Gasteiger partial charge on any atom is -0.293 e. The fourth-order valence-electron chi connectivity index (χ4n) is 0.918. The molecule has 0 radical (unpaired) electrons. The number of Topliss-reactive ketones (excluding diaryl/α,β-unsaturated/α-hetero) is 1. The highest BCUT2D eigenvalue weighted by atomic mass is 16.1. The molecule has 5 heteroatoms. The molecule has 2 aromatic heterocycles. The molecule has 2 rings (SSSR count). The van der Waals surface area contributed by atoms with Crippen molar-refractivity contribution in [2.24, 2.45) is 0 Å². The molecule has 2 heterocycles. The van der Waals surface area contributed by atoms with Crippen LogP contribution in [0.25, 0.3) is 5.65 Å². The van der Waals surface area contributed by atoms with Crippen LogP contribution in [0.4, 0.5) is 0 Å². The van der Waals surface area contributed by atoms with Crippen molar-refractivity contribution >= 4 is 11.4 Å². The Morgan fingerprint density at radius 3 is 3.17 bits per heavy atom. The molecule has 0 aromatic carbocycles. The van der Waals surface area contributed by atoms with Crippen LogP contribution in [0.1, 0.15) is 17.4 Å². The van der Waals surface area contributed by atoms with Crippen LogP contribution in [0.15, 0.2) is 18.7 Å². The Bertz CT molecular complexity index is 434. The summed E-state index contributed by atoms with van der Waals surface area (Å²) >= 11 is 0. The SMILES string of the molecule is CC(=O)c1cn2cnnc2cn1. The molecule has 0 spiro atoms. The van der Waals surface area contributed by atoms with E-state index in [0.29, 0.717) is 11.3 Å². The lowest BCUT2D eigenvalue weighted by Gasteiger charge is -1.94. The summed E-state index contributed by atoms with van der Waals surface area (Å²) < 4.78 is 1.66. The Hall–Kier alpha value is -1.78. The van der Waals surface area contributed by atoms with Crippen molar-refractivity contribution in [3.63, 3.8) is 0 Å². The summed E-state index contributed by atoms with van der Waals surface area (Å²) in [4.78, 5) is 14.8. The van der Waals surface area contributed by atoms with Crippen molar-refractivity contribution in [2.45, 2.75) is 6.92 Å². The minimum absolute atomic E-state index is 0.0643. The van der Waals surface area contributed by atoms with Gasteiger partial charge >= 0.3 is 0 Å². The number of nitrogens with zero attached hydrogens (tertiary/aromatic N) is 4. The van der Waals surface area contributed by atoms with Gasteiger partial charge in [0, 0.05) is 13.1 Å². The average molecular weight is 162 g/mol. The van der Waals surface area contributed by atoms with Crippen LogP contribution in [0.3, 0.4) is 0 Å². The second-order valence-corrected chi connectivity index (χ2v) is 2.43. The number of hydrogen-bond acceptors (Lipinski definition) is 4. The van der Waals surface area contributed by atoms with Crippen LogP contribution in [0, 0.1) is 0 Å². The average Bonchev–Trinajstić information content (AvgIpc) is 2.49. The van der Waals surface area contributed by atoms with Gasteiger partial charge in [-0.3, -0.25) is 9.20 Å². The molecule has 0 aliphatic rings. The molecular formula is C7H6N4O. The van der Waals surface area contributed by atoms with Crippen molar-refractivity contribution in [1.29, 1.82) is 0 Å². The molecule has 0 atom stereocenters. The summed E-state index contributed by atoms with van der Waals surface area (Å²) in [6.45, 7) is 1.47. The molecule has 0 aliphatic carbocycles. The molecule has 12 heavy (non-hydrogen) atoms. The van der Waals surface area contributed by atoms with Crippen LogP contribution in [0.2, 0.25) is 0 Å². The lowest BCUT2D eigenvalue weighted by atomic mass is 10.3. The van der Waals surface area contributed by atoms with Crippen LogP contribution in [-0.2, 0) is 0 Å². The van der Waals surface area contributed by atoms with Gasteiger partial charge < -0.3 is 0 Å². The third-order valence-corrected chi connectivity index (χ3v) is 1.54. The molecule has 0 amide bonds. The van der Waals surface area contributed by atoms with E-state index >= 15 is 0 Å². The molecule has 5 nitrogen and oxygen atoms in total. The highest BCUT2D eigenvalue weighted by Crippen LogP contribution is 1.99. The molecule has 0 N–H and O–H groups in total. The lowest BCUT2D eigenvalue weighted by Crippen LogP contribution is -1.98. The fraction of sp³-hybridized carbons (Fsp3) is 0.143. The van der Waals surface area contributed by atoms with E-state index in [1.54, 1.807) is 10.6 Å². The maximum absolute atomic E-state index is 10.9.